The molecular weight excluding hydrogens is 436 g/mol. The Hall–Kier alpha value is -4.17. The van der Waals surface area contributed by atoms with Crippen molar-refractivity contribution < 1.29 is 14.3 Å². The molecule has 0 unspecified atom stereocenters. The second-order valence-corrected chi connectivity index (χ2v) is 8.21. The fourth-order valence-corrected chi connectivity index (χ4v) is 4.06. The van der Waals surface area contributed by atoms with Gasteiger partial charge in [-0.3, -0.25) is 15.2 Å². The molecule has 8 heteroatoms. The molecule has 0 aliphatic heterocycles. The molecule has 0 spiro atoms. The van der Waals surface area contributed by atoms with Crippen LogP contribution in [0.15, 0.2) is 90.6 Å². The second kappa shape index (κ2) is 10.4. The molecule has 2 aromatic heterocycles. The van der Waals surface area contributed by atoms with E-state index in [4.69, 9.17) is 10.5 Å². The number of rotatable bonds is 6. The smallest absolute Gasteiger partial charge is 0.399 e. The molecular formula is C25H22N4O3S. The van der Waals surface area contributed by atoms with Crippen LogP contribution in [-0.4, -0.2) is 22.1 Å². The van der Waals surface area contributed by atoms with Crippen LogP contribution in [0.4, 0.5) is 21.0 Å². The van der Waals surface area contributed by atoms with Crippen LogP contribution < -0.4 is 11.1 Å². The van der Waals surface area contributed by atoms with Gasteiger partial charge in [0, 0.05) is 35.1 Å². The van der Waals surface area contributed by atoms with Crippen molar-refractivity contribution in [2.75, 3.05) is 11.1 Å². The lowest BCUT2D eigenvalue weighted by Crippen LogP contribution is -2.33. The first-order chi connectivity index (χ1) is 16.1. The number of carbonyl (C=O) groups excluding carboxylic acids is 2. The molecule has 2 aromatic carbocycles. The number of benzene rings is 2. The largest absolute Gasteiger partial charge is 0.420 e. The Balaban J connectivity index is 1.49. The predicted molar refractivity (Wildman–Crippen MR) is 130 cm³/mol. The number of nitrogens with one attached hydrogen (secondary N) is 1. The Labute approximate surface area is 195 Å². The van der Waals surface area contributed by atoms with Crippen LogP contribution >= 0.6 is 11.3 Å². The molecule has 166 valence electrons. The normalized spacial score (nSPS) is 10.4. The SMILES string of the molecule is Nc1ccc(-c2cccs2)c(NC(=O)OC(=O)N(Cc2ccccc2)Cc2cccnc2)c1. The number of nitrogen functional groups attached to an aromatic ring is 1. The summed E-state index contributed by atoms with van der Waals surface area (Å²) >= 11 is 1.53. The minimum Gasteiger partial charge on any atom is -0.399 e. The van der Waals surface area contributed by atoms with Crippen molar-refractivity contribution in [2.24, 2.45) is 0 Å². The summed E-state index contributed by atoms with van der Waals surface area (Å²) in [6.07, 6.45) is 1.69. The lowest BCUT2D eigenvalue weighted by atomic mass is 10.1. The molecule has 0 saturated carbocycles. The number of ether oxygens (including phenoxy) is 1. The van der Waals surface area contributed by atoms with Crippen LogP contribution in [0.1, 0.15) is 11.1 Å². The molecule has 33 heavy (non-hydrogen) atoms. The Morgan fingerprint density at radius 2 is 1.76 bits per heavy atom. The average molecular weight is 459 g/mol. The topological polar surface area (TPSA) is 97.5 Å². The van der Waals surface area contributed by atoms with E-state index in [1.165, 1.54) is 16.2 Å². The molecule has 4 rings (SSSR count). The van der Waals surface area contributed by atoms with Gasteiger partial charge in [-0.1, -0.05) is 42.5 Å². The zero-order valence-electron chi connectivity index (χ0n) is 17.7. The van der Waals surface area contributed by atoms with Crippen molar-refractivity contribution in [3.8, 4) is 10.4 Å². The van der Waals surface area contributed by atoms with Crippen LogP contribution in [0.3, 0.4) is 0 Å². The Morgan fingerprint density at radius 1 is 0.970 bits per heavy atom. The molecule has 0 aliphatic carbocycles. The first-order valence-corrected chi connectivity index (χ1v) is 11.1. The molecule has 2 heterocycles. The molecule has 3 N–H and O–H groups in total. The number of carbonyl (C=O) groups is 2. The first-order valence-electron chi connectivity index (χ1n) is 10.2. The molecule has 0 bridgehead atoms. The van der Waals surface area contributed by atoms with Gasteiger partial charge in [0.2, 0.25) is 0 Å². The number of nitrogens with two attached hydrogens (primary N) is 1. The lowest BCUT2D eigenvalue weighted by molar-refractivity contribution is 0.119. The van der Waals surface area contributed by atoms with E-state index in [0.717, 1.165) is 21.6 Å². The van der Waals surface area contributed by atoms with E-state index < -0.39 is 12.2 Å². The van der Waals surface area contributed by atoms with Crippen molar-refractivity contribution in [2.45, 2.75) is 13.1 Å². The Kier molecular flexibility index (Phi) is 6.96. The number of hydrogen-bond acceptors (Lipinski definition) is 6. The highest BCUT2D eigenvalue weighted by Gasteiger charge is 2.21. The first kappa shape index (κ1) is 22.0. The molecule has 0 aliphatic rings. The van der Waals surface area contributed by atoms with Crippen molar-refractivity contribution in [1.82, 2.24) is 9.88 Å². The Morgan fingerprint density at radius 3 is 2.48 bits per heavy atom. The van der Waals surface area contributed by atoms with E-state index >= 15 is 0 Å². The summed E-state index contributed by atoms with van der Waals surface area (Å²) in [5.74, 6) is 0. The van der Waals surface area contributed by atoms with Gasteiger partial charge in [-0.25, -0.2) is 9.59 Å². The van der Waals surface area contributed by atoms with E-state index in [2.05, 4.69) is 10.3 Å². The van der Waals surface area contributed by atoms with Crippen molar-refractivity contribution in [3.05, 3.63) is 102 Å². The van der Waals surface area contributed by atoms with E-state index in [9.17, 15) is 9.59 Å². The number of anilines is 2. The van der Waals surface area contributed by atoms with Crippen LogP contribution in [0.2, 0.25) is 0 Å². The van der Waals surface area contributed by atoms with Gasteiger partial charge in [0.25, 0.3) is 0 Å². The van der Waals surface area contributed by atoms with Crippen molar-refractivity contribution in [3.63, 3.8) is 0 Å². The fraction of sp³-hybridized carbons (Fsp3) is 0.0800. The van der Waals surface area contributed by atoms with Gasteiger partial charge in [0.15, 0.2) is 0 Å². The summed E-state index contributed by atoms with van der Waals surface area (Å²) in [4.78, 5) is 32.1. The van der Waals surface area contributed by atoms with Crippen LogP contribution in [-0.2, 0) is 17.8 Å². The fourth-order valence-electron chi connectivity index (χ4n) is 3.29. The number of pyridine rings is 1. The second-order valence-electron chi connectivity index (χ2n) is 7.27. The van der Waals surface area contributed by atoms with Gasteiger partial charge in [-0.05, 0) is 46.8 Å². The van der Waals surface area contributed by atoms with Gasteiger partial charge in [0.1, 0.15) is 0 Å². The molecule has 0 atom stereocenters. The van der Waals surface area contributed by atoms with E-state index in [0.29, 0.717) is 11.4 Å². The van der Waals surface area contributed by atoms with Crippen LogP contribution in [0.5, 0.6) is 0 Å². The van der Waals surface area contributed by atoms with E-state index in [-0.39, 0.29) is 13.1 Å². The Bertz CT molecular complexity index is 1170. The summed E-state index contributed by atoms with van der Waals surface area (Å²) in [6, 6.07) is 22.2. The van der Waals surface area contributed by atoms with Crippen molar-refractivity contribution in [1.29, 1.82) is 0 Å². The minimum absolute atomic E-state index is 0.244. The average Bonchev–Trinajstić information content (AvgIpc) is 3.35. The minimum atomic E-state index is -0.882. The van der Waals surface area contributed by atoms with E-state index in [1.807, 2.05) is 60.0 Å². The summed E-state index contributed by atoms with van der Waals surface area (Å²) in [6.45, 7) is 0.522. The number of nitrogens with zero attached hydrogens (tertiary/aromatic N) is 2. The van der Waals surface area contributed by atoms with Gasteiger partial charge in [-0.15, -0.1) is 11.3 Å². The standard InChI is InChI=1S/C25H22N4O3S/c26-20-10-11-21(23-9-5-13-33-23)22(14-20)28-24(30)32-25(31)29(16-18-6-2-1-3-7-18)17-19-8-4-12-27-15-19/h1-15H,16-17,26H2,(H,28,30). The summed E-state index contributed by atoms with van der Waals surface area (Å²) in [7, 11) is 0. The molecule has 0 fully saturated rings. The zero-order valence-corrected chi connectivity index (χ0v) is 18.5. The highest BCUT2D eigenvalue weighted by Crippen LogP contribution is 2.33. The number of hydrogen-bond donors (Lipinski definition) is 2. The third-order valence-electron chi connectivity index (χ3n) is 4.82. The highest BCUT2D eigenvalue weighted by atomic mass is 32.1. The predicted octanol–water partition coefficient (Wildman–Crippen LogP) is 5.76. The van der Waals surface area contributed by atoms with E-state index in [1.54, 1.807) is 30.6 Å². The molecule has 0 radical (unpaired) electrons. The quantitative estimate of drug-likeness (QED) is 0.283. The van der Waals surface area contributed by atoms with Crippen LogP contribution in [0.25, 0.3) is 10.4 Å². The van der Waals surface area contributed by atoms with Gasteiger partial charge in [0.05, 0.1) is 12.2 Å². The summed E-state index contributed by atoms with van der Waals surface area (Å²) in [5, 5.41) is 4.60. The van der Waals surface area contributed by atoms with Gasteiger partial charge in [-0.2, -0.15) is 0 Å². The maximum absolute atomic E-state index is 12.9. The maximum Gasteiger partial charge on any atom is 0.420 e. The molecule has 0 saturated heterocycles. The van der Waals surface area contributed by atoms with Gasteiger partial charge >= 0.3 is 12.2 Å². The third-order valence-corrected chi connectivity index (χ3v) is 5.72. The van der Waals surface area contributed by atoms with Crippen molar-refractivity contribution >= 4 is 34.9 Å². The summed E-state index contributed by atoms with van der Waals surface area (Å²) < 4.78 is 5.15. The molecule has 7 nitrogen and oxygen atoms in total. The third kappa shape index (κ3) is 5.96. The number of amides is 2. The maximum atomic E-state index is 12.9. The lowest BCUT2D eigenvalue weighted by Gasteiger charge is -2.22. The summed E-state index contributed by atoms with van der Waals surface area (Å²) in [5.41, 5.74) is 9.39. The number of aromatic nitrogens is 1. The van der Waals surface area contributed by atoms with Crippen LogP contribution in [0, 0.1) is 0 Å². The number of thiophene rings is 1. The highest BCUT2D eigenvalue weighted by molar-refractivity contribution is 7.13. The molecule has 4 aromatic rings. The van der Waals surface area contributed by atoms with Gasteiger partial charge < -0.3 is 10.5 Å². The molecule has 2 amide bonds. The monoisotopic (exact) mass is 458 g/mol. The zero-order chi connectivity index (χ0) is 23.0.